The zero-order valence-electron chi connectivity index (χ0n) is 14.0. The normalized spacial score (nSPS) is 17.2. The fourth-order valence-electron chi connectivity index (χ4n) is 2.93. The molecule has 3 heterocycles. The average Bonchev–Trinajstić information content (AvgIpc) is 3.28. The molecule has 0 bridgehead atoms. The lowest BCUT2D eigenvalue weighted by Gasteiger charge is -2.24. The van der Waals surface area contributed by atoms with Crippen molar-refractivity contribution >= 4 is 11.7 Å². The highest BCUT2D eigenvalue weighted by molar-refractivity contribution is 5.77. The van der Waals surface area contributed by atoms with Gasteiger partial charge in [-0.25, -0.2) is 4.98 Å². The van der Waals surface area contributed by atoms with Gasteiger partial charge in [-0.1, -0.05) is 12.1 Å². The van der Waals surface area contributed by atoms with Gasteiger partial charge in [0, 0.05) is 32.9 Å². The summed E-state index contributed by atoms with van der Waals surface area (Å²) in [7, 11) is 1.81. The third-order valence-corrected chi connectivity index (χ3v) is 4.20. The van der Waals surface area contributed by atoms with Gasteiger partial charge in [0.1, 0.15) is 5.82 Å². The fraction of sp³-hybridized carbons (Fsp3) is 0.562. The van der Waals surface area contributed by atoms with Gasteiger partial charge in [-0.3, -0.25) is 9.78 Å². The molecular weight excluding hydrogens is 308 g/mol. The van der Waals surface area contributed by atoms with Crippen molar-refractivity contribution in [3.8, 4) is 0 Å². The highest BCUT2D eigenvalue weighted by Crippen LogP contribution is 2.31. The van der Waals surface area contributed by atoms with Crippen LogP contribution in [-0.2, 0) is 17.6 Å². The minimum absolute atomic E-state index is 0.00723. The molecule has 0 aromatic carbocycles. The Hall–Kier alpha value is -2.51. The Morgan fingerprint density at radius 3 is 3.04 bits per heavy atom. The van der Waals surface area contributed by atoms with E-state index in [1.165, 1.54) is 0 Å². The minimum Gasteiger partial charge on any atom is -0.372 e. The molecule has 2 aromatic rings. The van der Waals surface area contributed by atoms with Gasteiger partial charge in [0.05, 0.1) is 24.1 Å². The topological polar surface area (TPSA) is 97.0 Å². The average molecular weight is 330 g/mol. The van der Waals surface area contributed by atoms with Crippen LogP contribution in [0.25, 0.3) is 0 Å². The van der Waals surface area contributed by atoms with Crippen molar-refractivity contribution in [3.05, 3.63) is 29.8 Å². The number of amides is 1. The quantitative estimate of drug-likeness (QED) is 0.862. The molecule has 1 fully saturated rings. The Kier molecular flexibility index (Phi) is 5.02. The lowest BCUT2D eigenvalue weighted by Crippen LogP contribution is -2.31. The van der Waals surface area contributed by atoms with E-state index in [9.17, 15) is 4.79 Å². The second kappa shape index (κ2) is 7.37. The monoisotopic (exact) mass is 330 g/mol. The third-order valence-electron chi connectivity index (χ3n) is 4.20. The van der Waals surface area contributed by atoms with Crippen LogP contribution in [0.1, 0.15) is 49.6 Å². The fourth-order valence-corrected chi connectivity index (χ4v) is 2.93. The molecule has 0 radical (unpaired) electrons. The molecule has 3 rings (SSSR count). The number of rotatable bonds is 6. The van der Waals surface area contributed by atoms with Crippen molar-refractivity contribution < 1.29 is 9.32 Å². The van der Waals surface area contributed by atoms with Crippen LogP contribution >= 0.6 is 0 Å². The molecule has 1 aliphatic rings. The summed E-state index contributed by atoms with van der Waals surface area (Å²) in [6.07, 6.45) is 6.86. The summed E-state index contributed by atoms with van der Waals surface area (Å²) in [5.74, 6) is 2.00. The van der Waals surface area contributed by atoms with Crippen LogP contribution in [-0.4, -0.2) is 44.5 Å². The smallest absolute Gasteiger partial charge is 0.227 e. The predicted octanol–water partition coefficient (Wildman–Crippen LogP) is 1.76. The molecule has 0 spiro atoms. The first kappa shape index (κ1) is 16.4. The van der Waals surface area contributed by atoms with Gasteiger partial charge in [-0.2, -0.15) is 4.98 Å². The number of aromatic nitrogens is 4. The summed E-state index contributed by atoms with van der Waals surface area (Å²) >= 11 is 0. The number of hydrogen-bond donors (Lipinski definition) is 1. The number of nitrogens with zero attached hydrogens (tertiary/aromatic N) is 5. The third kappa shape index (κ3) is 3.52. The minimum atomic E-state index is -0.00723. The SMILES string of the molecule is CCc1noc(CCC(=O)N2CCCC2c2cncc(NC)n2)n1. The summed E-state index contributed by atoms with van der Waals surface area (Å²) in [5, 5.41) is 6.84. The molecule has 8 heteroatoms. The number of carbonyl (C=O) groups is 1. The van der Waals surface area contributed by atoms with E-state index in [1.54, 1.807) is 19.4 Å². The molecule has 1 atom stereocenters. The molecule has 128 valence electrons. The van der Waals surface area contributed by atoms with Gasteiger partial charge >= 0.3 is 0 Å². The number of aryl methyl sites for hydroxylation is 2. The first-order chi connectivity index (χ1) is 11.7. The molecule has 0 aliphatic carbocycles. The van der Waals surface area contributed by atoms with Crippen LogP contribution in [0, 0.1) is 0 Å². The van der Waals surface area contributed by atoms with E-state index in [0.717, 1.165) is 31.5 Å². The van der Waals surface area contributed by atoms with Gasteiger partial charge in [0.15, 0.2) is 5.82 Å². The van der Waals surface area contributed by atoms with Crippen LogP contribution in [0.4, 0.5) is 5.82 Å². The standard InChI is InChI=1S/C16H22N6O2/c1-3-13-20-15(24-21-13)6-7-16(23)22-8-4-5-12(22)11-9-18-10-14(17-2)19-11/h9-10,12H,3-8H2,1-2H3,(H,17,19). The molecule has 1 amide bonds. The van der Waals surface area contributed by atoms with Crippen molar-refractivity contribution in [1.29, 1.82) is 0 Å². The summed E-state index contributed by atoms with van der Waals surface area (Å²) in [5.41, 5.74) is 0.832. The number of likely N-dealkylation sites (tertiary alicyclic amines) is 1. The first-order valence-corrected chi connectivity index (χ1v) is 8.32. The maximum Gasteiger partial charge on any atom is 0.227 e. The second-order valence-electron chi connectivity index (χ2n) is 5.78. The van der Waals surface area contributed by atoms with Gasteiger partial charge < -0.3 is 14.7 Å². The number of carbonyl (C=O) groups excluding carboxylic acids is 1. The summed E-state index contributed by atoms with van der Waals surface area (Å²) in [6, 6.07) is -0.00723. The van der Waals surface area contributed by atoms with Crippen molar-refractivity contribution in [2.75, 3.05) is 18.9 Å². The highest BCUT2D eigenvalue weighted by atomic mass is 16.5. The van der Waals surface area contributed by atoms with E-state index < -0.39 is 0 Å². The van der Waals surface area contributed by atoms with E-state index in [4.69, 9.17) is 4.52 Å². The molecule has 1 unspecified atom stereocenters. The number of anilines is 1. The molecule has 24 heavy (non-hydrogen) atoms. The van der Waals surface area contributed by atoms with Crippen LogP contribution in [0.3, 0.4) is 0 Å². The Morgan fingerprint density at radius 2 is 2.29 bits per heavy atom. The molecular formula is C16H22N6O2. The van der Waals surface area contributed by atoms with E-state index >= 15 is 0 Å². The number of hydrogen-bond acceptors (Lipinski definition) is 7. The zero-order valence-corrected chi connectivity index (χ0v) is 14.0. The highest BCUT2D eigenvalue weighted by Gasteiger charge is 2.31. The Balaban J connectivity index is 1.64. The van der Waals surface area contributed by atoms with Crippen LogP contribution in [0.2, 0.25) is 0 Å². The molecule has 0 saturated carbocycles. The second-order valence-corrected chi connectivity index (χ2v) is 5.78. The maximum absolute atomic E-state index is 12.6. The zero-order chi connectivity index (χ0) is 16.9. The van der Waals surface area contributed by atoms with Crippen LogP contribution in [0.5, 0.6) is 0 Å². The maximum atomic E-state index is 12.6. The van der Waals surface area contributed by atoms with Gasteiger partial charge in [-0.05, 0) is 12.8 Å². The lowest BCUT2D eigenvalue weighted by molar-refractivity contribution is -0.132. The van der Waals surface area contributed by atoms with E-state index in [0.29, 0.717) is 30.4 Å². The van der Waals surface area contributed by atoms with Crippen molar-refractivity contribution in [2.45, 2.75) is 45.1 Å². The van der Waals surface area contributed by atoms with Crippen molar-refractivity contribution in [2.24, 2.45) is 0 Å². The summed E-state index contributed by atoms with van der Waals surface area (Å²) < 4.78 is 5.15. The Labute approximate surface area is 140 Å². The predicted molar refractivity (Wildman–Crippen MR) is 87.3 cm³/mol. The van der Waals surface area contributed by atoms with E-state index in [1.807, 2.05) is 11.8 Å². The molecule has 1 aliphatic heterocycles. The lowest BCUT2D eigenvalue weighted by atomic mass is 10.1. The van der Waals surface area contributed by atoms with E-state index in [2.05, 4.69) is 25.4 Å². The summed E-state index contributed by atoms with van der Waals surface area (Å²) in [4.78, 5) is 27.5. The van der Waals surface area contributed by atoms with Gasteiger partial charge in [-0.15, -0.1) is 0 Å². The largest absolute Gasteiger partial charge is 0.372 e. The van der Waals surface area contributed by atoms with Crippen molar-refractivity contribution in [1.82, 2.24) is 25.0 Å². The molecule has 2 aromatic heterocycles. The van der Waals surface area contributed by atoms with Crippen LogP contribution in [0.15, 0.2) is 16.9 Å². The van der Waals surface area contributed by atoms with Gasteiger partial charge in [0.2, 0.25) is 11.8 Å². The summed E-state index contributed by atoms with van der Waals surface area (Å²) in [6.45, 7) is 2.72. The number of nitrogens with one attached hydrogen (secondary N) is 1. The van der Waals surface area contributed by atoms with Gasteiger partial charge in [0.25, 0.3) is 0 Å². The van der Waals surface area contributed by atoms with E-state index in [-0.39, 0.29) is 11.9 Å². The molecule has 8 nitrogen and oxygen atoms in total. The molecule has 1 N–H and O–H groups in total. The first-order valence-electron chi connectivity index (χ1n) is 8.32. The van der Waals surface area contributed by atoms with Crippen LogP contribution < -0.4 is 5.32 Å². The Morgan fingerprint density at radius 1 is 1.42 bits per heavy atom. The molecule has 1 saturated heterocycles. The Bertz CT molecular complexity index is 701. The van der Waals surface area contributed by atoms with Crippen molar-refractivity contribution in [3.63, 3.8) is 0 Å².